The van der Waals surface area contributed by atoms with Gasteiger partial charge in [-0.3, -0.25) is 0 Å². The molecule has 3 aromatic rings. The van der Waals surface area contributed by atoms with Crippen molar-refractivity contribution in [3.8, 4) is 11.8 Å². The maximum Gasteiger partial charge on any atom is 0.205 e. The Labute approximate surface area is 115 Å². The van der Waals surface area contributed by atoms with E-state index in [1.807, 2.05) is 30.3 Å². The fourth-order valence-corrected chi connectivity index (χ4v) is 1.95. The van der Waals surface area contributed by atoms with Gasteiger partial charge in [0.1, 0.15) is 5.75 Å². The predicted molar refractivity (Wildman–Crippen MR) is 77.1 cm³/mol. The SMILES string of the molecule is COc1ccc(Nc2nc3ccc(C#N)cc3[nH]2)cc1. The Morgan fingerprint density at radius 2 is 2.00 bits per heavy atom. The second-order valence-corrected chi connectivity index (χ2v) is 4.28. The minimum Gasteiger partial charge on any atom is -0.497 e. The highest BCUT2D eigenvalue weighted by Crippen LogP contribution is 2.21. The monoisotopic (exact) mass is 264 g/mol. The fourth-order valence-electron chi connectivity index (χ4n) is 1.95. The summed E-state index contributed by atoms with van der Waals surface area (Å²) in [5.41, 5.74) is 3.17. The van der Waals surface area contributed by atoms with E-state index < -0.39 is 0 Å². The normalized spacial score (nSPS) is 10.2. The van der Waals surface area contributed by atoms with Crippen LogP contribution in [0.4, 0.5) is 11.6 Å². The summed E-state index contributed by atoms with van der Waals surface area (Å²) in [5.74, 6) is 1.44. The number of H-pyrrole nitrogens is 1. The van der Waals surface area contributed by atoms with Gasteiger partial charge in [0.15, 0.2) is 0 Å². The molecule has 0 spiro atoms. The van der Waals surface area contributed by atoms with Crippen LogP contribution in [0.5, 0.6) is 5.75 Å². The van der Waals surface area contributed by atoms with Crippen LogP contribution in [-0.4, -0.2) is 17.1 Å². The Kier molecular flexibility index (Phi) is 2.98. The van der Waals surface area contributed by atoms with Crippen LogP contribution in [0.25, 0.3) is 11.0 Å². The molecule has 0 aliphatic heterocycles. The minimum absolute atomic E-state index is 0.608. The summed E-state index contributed by atoms with van der Waals surface area (Å²) in [6.45, 7) is 0. The summed E-state index contributed by atoms with van der Waals surface area (Å²) in [6.07, 6.45) is 0. The smallest absolute Gasteiger partial charge is 0.205 e. The zero-order valence-electron chi connectivity index (χ0n) is 10.8. The topological polar surface area (TPSA) is 73.7 Å². The van der Waals surface area contributed by atoms with Gasteiger partial charge in [-0.2, -0.15) is 5.26 Å². The third kappa shape index (κ3) is 2.27. The van der Waals surface area contributed by atoms with E-state index in [1.165, 1.54) is 0 Å². The van der Waals surface area contributed by atoms with Crippen LogP contribution in [0.3, 0.4) is 0 Å². The molecule has 5 nitrogen and oxygen atoms in total. The molecule has 0 fully saturated rings. The van der Waals surface area contributed by atoms with Crippen molar-refractivity contribution in [2.24, 2.45) is 0 Å². The maximum atomic E-state index is 8.88. The second kappa shape index (κ2) is 4.94. The molecule has 1 heterocycles. The third-order valence-corrected chi connectivity index (χ3v) is 2.96. The molecule has 0 saturated heterocycles. The average molecular weight is 264 g/mol. The lowest BCUT2D eigenvalue weighted by atomic mass is 10.2. The summed E-state index contributed by atoms with van der Waals surface area (Å²) in [5, 5.41) is 12.1. The molecule has 0 radical (unpaired) electrons. The lowest BCUT2D eigenvalue weighted by Gasteiger charge is -2.03. The Bertz CT molecular complexity index is 784. The number of fused-ring (bicyclic) bond motifs is 1. The van der Waals surface area contributed by atoms with E-state index in [9.17, 15) is 0 Å². The summed E-state index contributed by atoms with van der Waals surface area (Å²) in [7, 11) is 1.63. The summed E-state index contributed by atoms with van der Waals surface area (Å²) >= 11 is 0. The molecule has 0 saturated carbocycles. The van der Waals surface area contributed by atoms with Gasteiger partial charge in [-0.1, -0.05) is 0 Å². The highest BCUT2D eigenvalue weighted by atomic mass is 16.5. The highest BCUT2D eigenvalue weighted by Gasteiger charge is 2.04. The van der Waals surface area contributed by atoms with Gasteiger partial charge in [0.05, 0.1) is 29.8 Å². The van der Waals surface area contributed by atoms with Gasteiger partial charge >= 0.3 is 0 Å². The largest absolute Gasteiger partial charge is 0.497 e. The molecule has 0 unspecified atom stereocenters. The fraction of sp³-hybridized carbons (Fsp3) is 0.0667. The average Bonchev–Trinajstić information content (AvgIpc) is 2.89. The summed E-state index contributed by atoms with van der Waals surface area (Å²) in [6, 6.07) is 15.0. The maximum absolute atomic E-state index is 8.88. The zero-order chi connectivity index (χ0) is 13.9. The van der Waals surface area contributed by atoms with Crippen molar-refractivity contribution >= 4 is 22.7 Å². The van der Waals surface area contributed by atoms with Crippen LogP contribution >= 0.6 is 0 Å². The van der Waals surface area contributed by atoms with E-state index in [0.717, 1.165) is 22.5 Å². The van der Waals surface area contributed by atoms with Gasteiger partial charge in [0.25, 0.3) is 0 Å². The molecule has 20 heavy (non-hydrogen) atoms. The van der Waals surface area contributed by atoms with Gasteiger partial charge in [0, 0.05) is 5.69 Å². The van der Waals surface area contributed by atoms with Crippen LogP contribution in [0.15, 0.2) is 42.5 Å². The van der Waals surface area contributed by atoms with Crippen molar-refractivity contribution in [3.05, 3.63) is 48.0 Å². The van der Waals surface area contributed by atoms with Gasteiger partial charge in [-0.15, -0.1) is 0 Å². The van der Waals surface area contributed by atoms with Crippen molar-refractivity contribution in [1.82, 2.24) is 9.97 Å². The van der Waals surface area contributed by atoms with Crippen LogP contribution < -0.4 is 10.1 Å². The van der Waals surface area contributed by atoms with Crippen molar-refractivity contribution in [3.63, 3.8) is 0 Å². The number of aromatic nitrogens is 2. The molecule has 0 aliphatic rings. The Morgan fingerprint density at radius 1 is 1.20 bits per heavy atom. The molecule has 0 amide bonds. The van der Waals surface area contributed by atoms with E-state index in [-0.39, 0.29) is 0 Å². The number of rotatable bonds is 3. The number of nitrogens with one attached hydrogen (secondary N) is 2. The number of nitriles is 1. The number of ether oxygens (including phenoxy) is 1. The molecule has 0 atom stereocenters. The number of nitrogens with zero attached hydrogens (tertiary/aromatic N) is 2. The van der Waals surface area contributed by atoms with E-state index in [2.05, 4.69) is 21.4 Å². The molecule has 2 aromatic carbocycles. The van der Waals surface area contributed by atoms with Gasteiger partial charge in [-0.25, -0.2) is 4.98 Å². The molecular formula is C15H12N4O. The number of benzene rings is 2. The van der Waals surface area contributed by atoms with Gasteiger partial charge < -0.3 is 15.0 Å². The predicted octanol–water partition coefficient (Wildman–Crippen LogP) is 3.19. The molecule has 0 aliphatic carbocycles. The Balaban J connectivity index is 1.88. The molecule has 1 aromatic heterocycles. The molecule has 3 rings (SSSR count). The van der Waals surface area contributed by atoms with Gasteiger partial charge in [-0.05, 0) is 42.5 Å². The molecular weight excluding hydrogens is 252 g/mol. The molecule has 0 bridgehead atoms. The third-order valence-electron chi connectivity index (χ3n) is 2.96. The number of hydrogen-bond acceptors (Lipinski definition) is 4. The van der Waals surface area contributed by atoms with Crippen molar-refractivity contribution < 1.29 is 4.74 Å². The number of aromatic amines is 1. The lowest BCUT2D eigenvalue weighted by Crippen LogP contribution is -1.92. The minimum atomic E-state index is 0.608. The van der Waals surface area contributed by atoms with Crippen LogP contribution in [0.2, 0.25) is 0 Å². The first kappa shape index (κ1) is 12.1. The van der Waals surface area contributed by atoms with E-state index >= 15 is 0 Å². The number of anilines is 2. The highest BCUT2D eigenvalue weighted by molar-refractivity contribution is 5.79. The summed E-state index contributed by atoms with van der Waals surface area (Å²) in [4.78, 5) is 7.56. The van der Waals surface area contributed by atoms with E-state index in [1.54, 1.807) is 19.2 Å². The Morgan fingerprint density at radius 3 is 2.70 bits per heavy atom. The van der Waals surface area contributed by atoms with E-state index in [4.69, 9.17) is 10.00 Å². The van der Waals surface area contributed by atoms with Crippen LogP contribution in [0.1, 0.15) is 5.56 Å². The first-order chi connectivity index (χ1) is 9.78. The van der Waals surface area contributed by atoms with Crippen molar-refractivity contribution in [2.45, 2.75) is 0 Å². The van der Waals surface area contributed by atoms with Crippen LogP contribution in [0, 0.1) is 11.3 Å². The standard InChI is InChI=1S/C15H12N4O/c1-20-12-5-3-11(4-6-12)17-15-18-13-7-2-10(9-16)8-14(13)19-15/h2-8H,1H3,(H2,17,18,19). The molecule has 2 N–H and O–H groups in total. The van der Waals surface area contributed by atoms with Crippen LogP contribution in [-0.2, 0) is 0 Å². The molecule has 98 valence electrons. The number of hydrogen-bond donors (Lipinski definition) is 2. The zero-order valence-corrected chi connectivity index (χ0v) is 10.8. The first-order valence-electron chi connectivity index (χ1n) is 6.09. The summed E-state index contributed by atoms with van der Waals surface area (Å²) < 4.78 is 5.11. The number of methoxy groups -OCH3 is 1. The lowest BCUT2D eigenvalue weighted by molar-refractivity contribution is 0.415. The van der Waals surface area contributed by atoms with Gasteiger partial charge in [0.2, 0.25) is 5.95 Å². The molecule has 5 heteroatoms. The van der Waals surface area contributed by atoms with E-state index in [0.29, 0.717) is 11.5 Å². The number of imidazole rings is 1. The Hall–Kier alpha value is -3.00. The van der Waals surface area contributed by atoms with Crippen molar-refractivity contribution in [2.75, 3.05) is 12.4 Å². The first-order valence-corrected chi connectivity index (χ1v) is 6.09. The quantitative estimate of drug-likeness (QED) is 0.762. The second-order valence-electron chi connectivity index (χ2n) is 4.28. The van der Waals surface area contributed by atoms with Crippen molar-refractivity contribution in [1.29, 1.82) is 5.26 Å².